The Bertz CT molecular complexity index is 876. The molecule has 1 rings (SSSR count). The Kier molecular flexibility index (Phi) is 28.1. The van der Waals surface area contributed by atoms with Crippen molar-refractivity contribution < 1.29 is 43.5 Å². The van der Waals surface area contributed by atoms with E-state index in [4.69, 9.17) is 35.2 Å². The molecule has 280 valence electrons. The van der Waals surface area contributed by atoms with Gasteiger partial charge in [0.25, 0.3) is 0 Å². The van der Waals surface area contributed by atoms with Crippen LogP contribution in [0.15, 0.2) is 6.20 Å². The van der Waals surface area contributed by atoms with Gasteiger partial charge < -0.3 is 45.4 Å². The molecule has 1 aromatic heterocycles. The van der Waals surface area contributed by atoms with Gasteiger partial charge in [-0.2, -0.15) is 0 Å². The molecule has 0 saturated carbocycles. The summed E-state index contributed by atoms with van der Waals surface area (Å²) in [5.41, 5.74) is 11.0. The highest BCUT2D eigenvalue weighted by Gasteiger charge is 2.18. The number of hydrogen-bond acceptors (Lipinski definition) is 13. The molecule has 0 radical (unpaired) electrons. The Morgan fingerprint density at radius 1 is 0.667 bits per heavy atom. The van der Waals surface area contributed by atoms with Crippen molar-refractivity contribution in [2.75, 3.05) is 59.3 Å². The fraction of sp³-hybridized carbons (Fsp3) is 0.882. The Morgan fingerprint density at radius 2 is 1.10 bits per heavy atom. The van der Waals surface area contributed by atoms with E-state index in [1.165, 1.54) is 89.9 Å². The van der Waals surface area contributed by atoms with Gasteiger partial charge in [0.1, 0.15) is 37.2 Å². The number of rotatable bonds is 34. The predicted octanol–water partition coefficient (Wildman–Crippen LogP) is 3.36. The molecule has 0 amide bonds. The first-order valence-corrected chi connectivity index (χ1v) is 18.1. The molecule has 0 aliphatic heterocycles. The lowest BCUT2D eigenvalue weighted by Crippen LogP contribution is -2.30. The first-order valence-electron chi connectivity index (χ1n) is 18.1. The minimum absolute atomic E-state index is 0.0863. The number of unbranched alkanes of at least 4 members (excludes halogenated alkanes) is 15. The van der Waals surface area contributed by atoms with Crippen LogP contribution in [0.4, 0.5) is 0 Å². The summed E-state index contributed by atoms with van der Waals surface area (Å²) in [6, 6.07) is -0.454. The van der Waals surface area contributed by atoms with E-state index in [0.29, 0.717) is 18.9 Å². The van der Waals surface area contributed by atoms with Gasteiger partial charge in [-0.25, -0.2) is 4.68 Å². The molecule has 6 N–H and O–H groups in total. The van der Waals surface area contributed by atoms with Crippen molar-refractivity contribution in [3.63, 3.8) is 0 Å². The van der Waals surface area contributed by atoms with E-state index in [0.717, 1.165) is 12.8 Å². The fourth-order valence-corrected chi connectivity index (χ4v) is 4.96. The molecule has 48 heavy (non-hydrogen) atoms. The van der Waals surface area contributed by atoms with Gasteiger partial charge in [-0.3, -0.25) is 9.59 Å². The van der Waals surface area contributed by atoms with Crippen molar-refractivity contribution in [1.29, 1.82) is 0 Å². The number of carbonyl (C=O) groups excluding carboxylic acids is 2. The van der Waals surface area contributed by atoms with E-state index in [9.17, 15) is 19.8 Å². The van der Waals surface area contributed by atoms with Gasteiger partial charge >= 0.3 is 11.9 Å². The summed E-state index contributed by atoms with van der Waals surface area (Å²) < 4.78 is 28.3. The van der Waals surface area contributed by atoms with Crippen molar-refractivity contribution in [2.45, 2.75) is 135 Å². The molecule has 1 heterocycles. The summed E-state index contributed by atoms with van der Waals surface area (Å²) >= 11 is 0. The van der Waals surface area contributed by atoms with Crippen LogP contribution in [0.25, 0.3) is 0 Å². The Hall–Kier alpha value is -2.20. The molecular weight excluding hydrogens is 622 g/mol. The van der Waals surface area contributed by atoms with Gasteiger partial charge in [0.05, 0.1) is 52.3 Å². The zero-order valence-corrected chi connectivity index (χ0v) is 29.4. The SMILES string of the molecule is CCCCCCCCCCCCCCCCCCOCc1cn(C(COCC(O)COC(=O)CN)COCC(O)COC(=O)CN)nn1. The van der Waals surface area contributed by atoms with Crippen molar-refractivity contribution in [1.82, 2.24) is 15.0 Å². The van der Waals surface area contributed by atoms with Crippen LogP contribution >= 0.6 is 0 Å². The van der Waals surface area contributed by atoms with Crippen molar-refractivity contribution >= 4 is 11.9 Å². The molecule has 2 atom stereocenters. The minimum atomic E-state index is -1.04. The third kappa shape index (κ3) is 24.9. The average Bonchev–Trinajstić information content (AvgIpc) is 3.57. The molecule has 0 aliphatic carbocycles. The summed E-state index contributed by atoms with van der Waals surface area (Å²) in [5.74, 6) is -1.24. The highest BCUT2D eigenvalue weighted by atomic mass is 16.6. The van der Waals surface area contributed by atoms with E-state index in [-0.39, 0.29) is 52.7 Å². The lowest BCUT2D eigenvalue weighted by molar-refractivity contribution is -0.146. The second-order valence-corrected chi connectivity index (χ2v) is 12.4. The normalized spacial score (nSPS) is 13.4. The quantitative estimate of drug-likeness (QED) is 0.0607. The second-order valence-electron chi connectivity index (χ2n) is 12.4. The number of aliphatic hydroxyl groups is 2. The van der Waals surface area contributed by atoms with Crippen LogP contribution in [0.5, 0.6) is 0 Å². The summed E-state index contributed by atoms with van der Waals surface area (Å²) in [6.45, 7) is 2.18. The predicted molar refractivity (Wildman–Crippen MR) is 182 cm³/mol. The molecule has 0 spiro atoms. The zero-order valence-electron chi connectivity index (χ0n) is 29.4. The van der Waals surface area contributed by atoms with Gasteiger partial charge in [0.2, 0.25) is 0 Å². The summed E-state index contributed by atoms with van der Waals surface area (Å²) in [4.78, 5) is 22.4. The summed E-state index contributed by atoms with van der Waals surface area (Å²) in [6.07, 6.45) is 20.9. The van der Waals surface area contributed by atoms with Gasteiger partial charge in [0.15, 0.2) is 0 Å². The molecule has 0 saturated heterocycles. The topological polar surface area (TPSA) is 204 Å². The van der Waals surface area contributed by atoms with Gasteiger partial charge in [0, 0.05) is 6.61 Å². The molecule has 2 unspecified atom stereocenters. The fourth-order valence-electron chi connectivity index (χ4n) is 4.96. The standard InChI is InChI=1S/C34H65N5O9/c1-2-3-4-5-6-7-8-9-10-11-12-13-14-15-16-17-18-44-22-29-21-39(38-37-29)30(23-45-25-31(40)27-47-33(42)19-35)24-46-26-32(41)28-48-34(43)20-36/h21,30-32,40-41H,2-20,22-28,35-36H2,1H3. The van der Waals surface area contributed by atoms with Crippen LogP contribution in [0.2, 0.25) is 0 Å². The Balaban J connectivity index is 2.27. The second kappa shape index (κ2) is 30.8. The monoisotopic (exact) mass is 687 g/mol. The van der Waals surface area contributed by atoms with Gasteiger partial charge in [-0.05, 0) is 6.42 Å². The minimum Gasteiger partial charge on any atom is -0.462 e. The molecule has 14 heteroatoms. The zero-order chi connectivity index (χ0) is 35.1. The van der Waals surface area contributed by atoms with E-state index in [1.54, 1.807) is 10.9 Å². The largest absolute Gasteiger partial charge is 0.462 e. The lowest BCUT2D eigenvalue weighted by atomic mass is 10.0. The summed E-state index contributed by atoms with van der Waals surface area (Å²) in [7, 11) is 0. The molecular formula is C34H65N5O9. The van der Waals surface area contributed by atoms with Crippen LogP contribution in [0.1, 0.15) is 121 Å². The molecule has 0 bridgehead atoms. The van der Waals surface area contributed by atoms with Crippen molar-refractivity contribution in [3.05, 3.63) is 11.9 Å². The number of nitrogens with two attached hydrogens (primary N) is 2. The average molecular weight is 688 g/mol. The van der Waals surface area contributed by atoms with Crippen molar-refractivity contribution in [3.8, 4) is 0 Å². The highest BCUT2D eigenvalue weighted by Crippen LogP contribution is 2.14. The molecule has 14 nitrogen and oxygen atoms in total. The third-order valence-corrected chi connectivity index (χ3v) is 7.77. The lowest BCUT2D eigenvalue weighted by Gasteiger charge is -2.19. The number of aliphatic hydroxyl groups excluding tert-OH is 2. The van der Waals surface area contributed by atoms with Gasteiger partial charge in [-0.15, -0.1) is 5.10 Å². The van der Waals surface area contributed by atoms with E-state index < -0.39 is 30.2 Å². The maximum Gasteiger partial charge on any atom is 0.319 e. The smallest absolute Gasteiger partial charge is 0.319 e. The van der Waals surface area contributed by atoms with Crippen LogP contribution < -0.4 is 11.5 Å². The summed E-state index contributed by atoms with van der Waals surface area (Å²) in [5, 5.41) is 28.4. The van der Waals surface area contributed by atoms with E-state index in [1.807, 2.05) is 0 Å². The number of esters is 2. The Labute approximate surface area is 287 Å². The van der Waals surface area contributed by atoms with Crippen LogP contribution in [0, 0.1) is 0 Å². The Morgan fingerprint density at radius 3 is 1.54 bits per heavy atom. The molecule has 0 aromatic carbocycles. The van der Waals surface area contributed by atoms with Crippen LogP contribution in [-0.2, 0) is 39.9 Å². The van der Waals surface area contributed by atoms with Gasteiger partial charge in [-0.1, -0.05) is 108 Å². The number of hydrogen-bond donors (Lipinski definition) is 4. The first-order chi connectivity index (χ1) is 23.4. The number of aromatic nitrogens is 3. The van der Waals surface area contributed by atoms with Crippen LogP contribution in [0.3, 0.4) is 0 Å². The van der Waals surface area contributed by atoms with E-state index >= 15 is 0 Å². The first kappa shape index (κ1) is 43.8. The third-order valence-electron chi connectivity index (χ3n) is 7.77. The maximum atomic E-state index is 11.2. The number of nitrogens with zero attached hydrogens (tertiary/aromatic N) is 3. The van der Waals surface area contributed by atoms with E-state index in [2.05, 4.69) is 17.2 Å². The number of ether oxygens (including phenoxy) is 5. The number of carbonyl (C=O) groups is 2. The highest BCUT2D eigenvalue weighted by molar-refractivity contribution is 5.71. The van der Waals surface area contributed by atoms with Crippen LogP contribution in [-0.4, -0.2) is 109 Å². The maximum absolute atomic E-state index is 11.2. The molecule has 1 aromatic rings. The molecule has 0 aliphatic rings. The molecule has 0 fully saturated rings. The van der Waals surface area contributed by atoms with Crippen molar-refractivity contribution in [2.24, 2.45) is 11.5 Å².